The van der Waals surface area contributed by atoms with Crippen molar-refractivity contribution in [2.45, 2.75) is 70.9 Å². The maximum Gasteiger partial charge on any atom is 0.410 e. The highest BCUT2D eigenvalue weighted by Gasteiger charge is 2.44. The molecule has 0 bridgehead atoms. The van der Waals surface area contributed by atoms with Crippen LogP contribution in [0, 0.1) is 5.92 Å². The maximum atomic E-state index is 15.0. The van der Waals surface area contributed by atoms with Gasteiger partial charge in [0.05, 0.1) is 17.2 Å². The van der Waals surface area contributed by atoms with Crippen molar-refractivity contribution in [3.05, 3.63) is 71.8 Å². The Morgan fingerprint density at radius 2 is 1.76 bits per heavy atom. The van der Waals surface area contributed by atoms with Crippen molar-refractivity contribution in [2.75, 3.05) is 49.8 Å². The second-order valence-electron chi connectivity index (χ2n) is 14.6. The average Bonchev–Trinajstić information content (AvgIpc) is 3.93. The Hall–Kier alpha value is -4.90. The fourth-order valence-electron chi connectivity index (χ4n) is 7.03. The molecule has 2 aliphatic heterocycles. The molecule has 3 amide bonds. The number of anilines is 2. The Morgan fingerprint density at radius 1 is 1.00 bits per heavy atom. The quantitative estimate of drug-likeness (QED) is 0.187. The van der Waals surface area contributed by atoms with E-state index in [1.165, 1.54) is 6.92 Å². The fourth-order valence-corrected chi connectivity index (χ4v) is 7.03. The number of phenols is 1. The van der Waals surface area contributed by atoms with Crippen LogP contribution in [0.3, 0.4) is 0 Å². The molecular formula is C40H47N3O8. The van der Waals surface area contributed by atoms with Crippen LogP contribution in [0.25, 0.3) is 11.1 Å². The largest absolute Gasteiger partial charge is 0.507 e. The fraction of sp³-hybridized carbons (Fsp3) is 0.450. The monoisotopic (exact) mass is 697 g/mol. The molecule has 0 spiro atoms. The molecule has 2 atom stereocenters. The molecule has 1 aliphatic carbocycles. The van der Waals surface area contributed by atoms with Gasteiger partial charge in [0.1, 0.15) is 17.1 Å². The van der Waals surface area contributed by atoms with Gasteiger partial charge in [-0.1, -0.05) is 30.3 Å². The zero-order valence-corrected chi connectivity index (χ0v) is 30.0. The standard InChI is InChI=1S/C40H47N3O8/c1-25(44)31-14-10-27(21-35(31)45)26-8-6-9-28(20-26)32-16-18-41(39(48)51-40(2,3)4)23-33(32)38(47)43(29-11-12-29)30-13-15-36-34(22-30)42(17-7-19-49-5)37(46)24-50-36/h6,8-10,13-15,20-22,29,32-33,45H,7,11-12,16-19,23-24H2,1-5H3/t32-,33+/m1/s1. The number of aromatic hydroxyl groups is 1. The summed E-state index contributed by atoms with van der Waals surface area (Å²) >= 11 is 0. The summed E-state index contributed by atoms with van der Waals surface area (Å²) in [5.41, 5.74) is 3.39. The smallest absolute Gasteiger partial charge is 0.410 e. The van der Waals surface area contributed by atoms with Gasteiger partial charge in [-0.15, -0.1) is 0 Å². The lowest BCUT2D eigenvalue weighted by Gasteiger charge is -2.41. The molecule has 0 aromatic heterocycles. The lowest BCUT2D eigenvalue weighted by Crippen LogP contribution is -2.51. The highest BCUT2D eigenvalue weighted by atomic mass is 16.6. The summed E-state index contributed by atoms with van der Waals surface area (Å²) in [5, 5.41) is 10.5. The zero-order valence-electron chi connectivity index (χ0n) is 30.0. The van der Waals surface area contributed by atoms with E-state index in [2.05, 4.69) is 0 Å². The first-order valence-corrected chi connectivity index (χ1v) is 17.7. The number of phenolic OH excluding ortho intramolecular Hbond substituents is 1. The van der Waals surface area contributed by atoms with Crippen molar-refractivity contribution in [3.63, 3.8) is 0 Å². The summed E-state index contributed by atoms with van der Waals surface area (Å²) in [6.45, 7) is 8.40. The van der Waals surface area contributed by atoms with Crippen LogP contribution in [-0.2, 0) is 19.1 Å². The molecule has 1 saturated heterocycles. The minimum atomic E-state index is -0.691. The van der Waals surface area contributed by atoms with Gasteiger partial charge in [0, 0.05) is 45.1 Å². The minimum absolute atomic E-state index is 0.00986. The molecule has 3 aromatic rings. The van der Waals surface area contributed by atoms with Crippen LogP contribution in [0.1, 0.15) is 75.2 Å². The molecule has 6 rings (SSSR count). The molecule has 1 saturated carbocycles. The van der Waals surface area contributed by atoms with Gasteiger partial charge in [-0.05, 0) is 106 Å². The highest BCUT2D eigenvalue weighted by Crippen LogP contribution is 2.43. The molecular weight excluding hydrogens is 650 g/mol. The predicted octanol–water partition coefficient (Wildman–Crippen LogP) is 6.56. The number of rotatable bonds is 10. The number of carbonyl (C=O) groups excluding carboxylic acids is 4. The van der Waals surface area contributed by atoms with Crippen LogP contribution in [0.4, 0.5) is 16.2 Å². The van der Waals surface area contributed by atoms with Crippen molar-refractivity contribution in [1.82, 2.24) is 4.90 Å². The van der Waals surface area contributed by atoms with Gasteiger partial charge in [0.2, 0.25) is 5.91 Å². The first-order chi connectivity index (χ1) is 24.3. The Labute approximate surface area is 299 Å². The number of methoxy groups -OCH3 is 1. The van der Waals surface area contributed by atoms with E-state index in [9.17, 15) is 24.3 Å². The SMILES string of the molecule is COCCCN1C(=O)COc2ccc(N(C(=O)[C@H]3CN(C(=O)OC(C)(C)C)CC[C@@H]3c3cccc(-c4ccc(C(C)=O)c(O)c4)c3)C3CC3)cc21. The number of benzene rings is 3. The average molecular weight is 698 g/mol. The summed E-state index contributed by atoms with van der Waals surface area (Å²) in [6, 6.07) is 18.5. The number of hydrogen-bond donors (Lipinski definition) is 1. The van der Waals surface area contributed by atoms with Crippen LogP contribution in [0.5, 0.6) is 11.5 Å². The van der Waals surface area contributed by atoms with Gasteiger partial charge in [-0.3, -0.25) is 14.4 Å². The molecule has 11 heteroatoms. The number of Topliss-reactive ketones (excluding diaryl/α,β-unsaturated/α-hetero) is 1. The van der Waals surface area contributed by atoms with E-state index in [1.54, 1.807) is 35.1 Å². The molecule has 0 unspecified atom stereocenters. The first kappa shape index (κ1) is 35.9. The third kappa shape index (κ3) is 8.04. The first-order valence-electron chi connectivity index (χ1n) is 17.7. The zero-order chi connectivity index (χ0) is 36.4. The summed E-state index contributed by atoms with van der Waals surface area (Å²) in [4.78, 5) is 58.4. The predicted molar refractivity (Wildman–Crippen MR) is 193 cm³/mol. The summed E-state index contributed by atoms with van der Waals surface area (Å²) < 4.78 is 16.7. The van der Waals surface area contributed by atoms with Crippen LogP contribution >= 0.6 is 0 Å². The topological polar surface area (TPSA) is 126 Å². The number of hydrogen-bond acceptors (Lipinski definition) is 8. The van der Waals surface area contributed by atoms with Gasteiger partial charge in [0.15, 0.2) is 12.4 Å². The number of likely N-dealkylation sites (tertiary alicyclic amines) is 1. The van der Waals surface area contributed by atoms with Gasteiger partial charge in [-0.2, -0.15) is 0 Å². The Morgan fingerprint density at radius 3 is 2.45 bits per heavy atom. The van der Waals surface area contributed by atoms with Gasteiger partial charge in [-0.25, -0.2) is 4.79 Å². The number of carbonyl (C=O) groups is 4. The third-order valence-electron chi connectivity index (χ3n) is 9.65. The van der Waals surface area contributed by atoms with Crippen molar-refractivity contribution >= 4 is 35.1 Å². The van der Waals surface area contributed by atoms with E-state index < -0.39 is 17.6 Å². The number of ether oxygens (including phenoxy) is 3. The van der Waals surface area contributed by atoms with Gasteiger partial charge < -0.3 is 34.0 Å². The third-order valence-corrected chi connectivity index (χ3v) is 9.65. The number of fused-ring (bicyclic) bond motifs is 1. The van der Waals surface area contributed by atoms with E-state index in [1.807, 2.05) is 68.1 Å². The molecule has 3 aromatic carbocycles. The second kappa shape index (κ2) is 14.8. The van der Waals surface area contributed by atoms with Crippen molar-refractivity contribution in [3.8, 4) is 22.6 Å². The van der Waals surface area contributed by atoms with E-state index in [-0.39, 0.29) is 54.0 Å². The molecule has 0 radical (unpaired) electrons. The molecule has 2 heterocycles. The van der Waals surface area contributed by atoms with Crippen LogP contribution in [-0.4, -0.2) is 85.3 Å². The van der Waals surface area contributed by atoms with Crippen molar-refractivity contribution in [1.29, 1.82) is 0 Å². The Kier molecular flexibility index (Phi) is 10.4. The normalized spacial score (nSPS) is 18.9. The maximum absolute atomic E-state index is 15.0. The lowest BCUT2D eigenvalue weighted by atomic mass is 9.78. The lowest BCUT2D eigenvalue weighted by molar-refractivity contribution is -0.124. The summed E-state index contributed by atoms with van der Waals surface area (Å²) in [7, 11) is 1.63. The van der Waals surface area contributed by atoms with E-state index in [0.717, 1.165) is 29.5 Å². The van der Waals surface area contributed by atoms with Crippen molar-refractivity contribution in [2.24, 2.45) is 5.92 Å². The number of amides is 3. The van der Waals surface area contributed by atoms with E-state index in [0.29, 0.717) is 49.7 Å². The second-order valence-corrected chi connectivity index (χ2v) is 14.6. The number of nitrogens with zero attached hydrogens (tertiary/aromatic N) is 3. The molecule has 270 valence electrons. The molecule has 11 nitrogen and oxygen atoms in total. The van der Waals surface area contributed by atoms with Crippen LogP contribution < -0.4 is 14.5 Å². The van der Waals surface area contributed by atoms with Crippen LogP contribution in [0.15, 0.2) is 60.7 Å². The van der Waals surface area contributed by atoms with Gasteiger partial charge >= 0.3 is 6.09 Å². The number of ketones is 1. The summed E-state index contributed by atoms with van der Waals surface area (Å²) in [5.74, 6) is -0.785. The number of piperidine rings is 1. The Bertz CT molecular complexity index is 1810. The van der Waals surface area contributed by atoms with Crippen LogP contribution in [0.2, 0.25) is 0 Å². The molecule has 3 aliphatic rings. The molecule has 51 heavy (non-hydrogen) atoms. The van der Waals surface area contributed by atoms with Gasteiger partial charge in [0.25, 0.3) is 5.91 Å². The van der Waals surface area contributed by atoms with Crippen molar-refractivity contribution < 1.29 is 38.5 Å². The Balaban J connectivity index is 1.35. The van der Waals surface area contributed by atoms with E-state index in [4.69, 9.17) is 14.2 Å². The molecule has 1 N–H and O–H groups in total. The molecule has 2 fully saturated rings. The van der Waals surface area contributed by atoms with E-state index >= 15 is 0 Å². The minimum Gasteiger partial charge on any atom is -0.507 e. The highest BCUT2D eigenvalue weighted by molar-refractivity contribution is 6.01. The summed E-state index contributed by atoms with van der Waals surface area (Å²) in [6.07, 6.45) is 2.42.